The van der Waals surface area contributed by atoms with E-state index in [0.29, 0.717) is 11.1 Å². The summed E-state index contributed by atoms with van der Waals surface area (Å²) in [5.41, 5.74) is 1.91. The number of aryl methyl sites for hydroxylation is 1. The fourth-order valence-electron chi connectivity index (χ4n) is 1.66. The quantitative estimate of drug-likeness (QED) is 0.648. The first-order valence-corrected chi connectivity index (χ1v) is 6.85. The Labute approximate surface area is 125 Å². The fourth-order valence-corrected chi connectivity index (χ4v) is 1.92. The molecule has 20 heavy (non-hydrogen) atoms. The summed E-state index contributed by atoms with van der Waals surface area (Å²) in [5, 5.41) is 2.95. The normalized spacial score (nSPS) is 10.8. The van der Waals surface area contributed by atoms with Crippen molar-refractivity contribution in [3.05, 3.63) is 76.2 Å². The predicted octanol–water partition coefficient (Wildman–Crippen LogP) is 4.71. The second-order valence-electron chi connectivity index (χ2n) is 4.31. The van der Waals surface area contributed by atoms with Crippen molar-refractivity contribution in [1.82, 2.24) is 0 Å². The van der Waals surface area contributed by atoms with E-state index in [9.17, 15) is 9.18 Å². The van der Waals surface area contributed by atoms with Gasteiger partial charge in [-0.2, -0.15) is 0 Å². The molecule has 0 aliphatic rings. The molecule has 0 amide bonds. The van der Waals surface area contributed by atoms with Crippen molar-refractivity contribution in [1.29, 1.82) is 0 Å². The SMILES string of the molecule is Cc1cc(NC=CC(=O)c2ccc(Br)cc2)ccc1F. The summed E-state index contributed by atoms with van der Waals surface area (Å²) in [6.07, 6.45) is 3.00. The zero-order chi connectivity index (χ0) is 14.5. The van der Waals surface area contributed by atoms with Crippen LogP contribution in [0.5, 0.6) is 0 Å². The molecule has 4 heteroatoms. The van der Waals surface area contributed by atoms with Crippen LogP contribution in [0.3, 0.4) is 0 Å². The highest BCUT2D eigenvalue weighted by atomic mass is 79.9. The van der Waals surface area contributed by atoms with Crippen LogP contribution >= 0.6 is 15.9 Å². The number of hydrogen-bond donors (Lipinski definition) is 1. The number of nitrogens with one attached hydrogen (secondary N) is 1. The van der Waals surface area contributed by atoms with Crippen molar-refractivity contribution in [2.75, 3.05) is 5.32 Å². The molecule has 2 rings (SSSR count). The Morgan fingerprint density at radius 3 is 2.55 bits per heavy atom. The summed E-state index contributed by atoms with van der Waals surface area (Å²) >= 11 is 3.32. The minimum Gasteiger partial charge on any atom is -0.362 e. The molecule has 0 aromatic heterocycles. The maximum absolute atomic E-state index is 13.1. The molecule has 102 valence electrons. The van der Waals surface area contributed by atoms with E-state index in [0.717, 1.165) is 10.2 Å². The molecule has 0 atom stereocenters. The molecule has 0 aliphatic heterocycles. The lowest BCUT2D eigenvalue weighted by Gasteiger charge is -2.02. The Morgan fingerprint density at radius 2 is 1.90 bits per heavy atom. The van der Waals surface area contributed by atoms with Crippen LogP contribution < -0.4 is 5.32 Å². The average molecular weight is 334 g/mol. The number of halogens is 2. The molecule has 0 fully saturated rings. The molecular formula is C16H13BrFNO. The summed E-state index contributed by atoms with van der Waals surface area (Å²) in [7, 11) is 0. The van der Waals surface area contributed by atoms with E-state index in [-0.39, 0.29) is 11.6 Å². The van der Waals surface area contributed by atoms with Gasteiger partial charge >= 0.3 is 0 Å². The van der Waals surface area contributed by atoms with Crippen LogP contribution in [0.25, 0.3) is 0 Å². The van der Waals surface area contributed by atoms with E-state index in [1.807, 2.05) is 12.1 Å². The average Bonchev–Trinajstić information content (AvgIpc) is 2.43. The van der Waals surface area contributed by atoms with Crippen LogP contribution in [0.15, 0.2) is 59.2 Å². The second-order valence-corrected chi connectivity index (χ2v) is 5.23. The number of rotatable bonds is 4. The molecule has 0 aliphatic carbocycles. The predicted molar refractivity (Wildman–Crippen MR) is 82.4 cm³/mol. The number of anilines is 1. The molecule has 0 saturated heterocycles. The molecule has 2 aromatic rings. The molecule has 0 radical (unpaired) electrons. The summed E-state index contributed by atoms with van der Waals surface area (Å²) < 4.78 is 14.0. The van der Waals surface area contributed by atoms with Gasteiger partial charge in [-0.25, -0.2) is 4.39 Å². The standard InChI is InChI=1S/C16H13BrFNO/c1-11-10-14(6-7-15(11)18)19-9-8-16(20)12-2-4-13(17)5-3-12/h2-10,19H,1H3. The minimum absolute atomic E-state index is 0.0937. The van der Waals surface area contributed by atoms with Crippen LogP contribution in [-0.2, 0) is 0 Å². The molecule has 0 unspecified atom stereocenters. The molecule has 0 heterocycles. The first-order valence-electron chi connectivity index (χ1n) is 6.05. The van der Waals surface area contributed by atoms with Gasteiger partial charge in [-0.1, -0.05) is 15.9 Å². The Morgan fingerprint density at radius 1 is 1.20 bits per heavy atom. The van der Waals surface area contributed by atoms with Crippen molar-refractivity contribution in [2.24, 2.45) is 0 Å². The van der Waals surface area contributed by atoms with Crippen molar-refractivity contribution in [2.45, 2.75) is 6.92 Å². The van der Waals surface area contributed by atoms with E-state index in [1.54, 1.807) is 37.4 Å². The zero-order valence-electron chi connectivity index (χ0n) is 10.9. The van der Waals surface area contributed by atoms with Gasteiger partial charge in [0.2, 0.25) is 0 Å². The van der Waals surface area contributed by atoms with Gasteiger partial charge in [-0.15, -0.1) is 0 Å². The largest absolute Gasteiger partial charge is 0.362 e. The van der Waals surface area contributed by atoms with Crippen molar-refractivity contribution in [3.8, 4) is 0 Å². The molecule has 2 nitrogen and oxygen atoms in total. The monoisotopic (exact) mass is 333 g/mol. The number of carbonyl (C=O) groups is 1. The van der Waals surface area contributed by atoms with Crippen LogP contribution in [-0.4, -0.2) is 5.78 Å². The highest BCUT2D eigenvalue weighted by Crippen LogP contribution is 2.14. The lowest BCUT2D eigenvalue weighted by atomic mass is 10.1. The van der Waals surface area contributed by atoms with Crippen molar-refractivity contribution < 1.29 is 9.18 Å². The highest BCUT2D eigenvalue weighted by molar-refractivity contribution is 9.10. The molecular weight excluding hydrogens is 321 g/mol. The lowest BCUT2D eigenvalue weighted by molar-refractivity contribution is 0.104. The summed E-state index contributed by atoms with van der Waals surface area (Å²) in [4.78, 5) is 11.9. The molecule has 0 bridgehead atoms. The van der Waals surface area contributed by atoms with Crippen LogP contribution in [0.1, 0.15) is 15.9 Å². The Balaban J connectivity index is 2.00. The van der Waals surface area contributed by atoms with E-state index < -0.39 is 0 Å². The lowest BCUT2D eigenvalue weighted by Crippen LogP contribution is -1.96. The number of benzene rings is 2. The fraction of sp³-hybridized carbons (Fsp3) is 0.0625. The van der Waals surface area contributed by atoms with Gasteiger partial charge in [0.25, 0.3) is 0 Å². The third kappa shape index (κ3) is 3.78. The Kier molecular flexibility index (Phi) is 4.69. The van der Waals surface area contributed by atoms with Gasteiger partial charge in [-0.05, 0) is 55.0 Å². The summed E-state index contributed by atoms with van der Waals surface area (Å²) in [5.74, 6) is -0.339. The van der Waals surface area contributed by atoms with E-state index >= 15 is 0 Å². The smallest absolute Gasteiger partial charge is 0.187 e. The summed E-state index contributed by atoms with van der Waals surface area (Å²) in [6.45, 7) is 1.69. The third-order valence-corrected chi connectivity index (χ3v) is 3.30. The maximum atomic E-state index is 13.1. The first-order chi connectivity index (χ1) is 9.56. The van der Waals surface area contributed by atoms with Gasteiger partial charge in [0.15, 0.2) is 5.78 Å². The molecule has 0 spiro atoms. The minimum atomic E-state index is -0.245. The summed E-state index contributed by atoms with van der Waals surface area (Å²) in [6, 6.07) is 11.8. The van der Waals surface area contributed by atoms with E-state index in [4.69, 9.17) is 0 Å². The molecule has 2 aromatic carbocycles. The highest BCUT2D eigenvalue weighted by Gasteiger charge is 2.01. The van der Waals surface area contributed by atoms with E-state index in [2.05, 4.69) is 21.2 Å². The number of allylic oxidation sites excluding steroid dienone is 1. The maximum Gasteiger partial charge on any atom is 0.187 e. The number of ketones is 1. The van der Waals surface area contributed by atoms with Crippen LogP contribution in [0.4, 0.5) is 10.1 Å². The topological polar surface area (TPSA) is 29.1 Å². The van der Waals surface area contributed by atoms with Gasteiger partial charge in [0, 0.05) is 28.0 Å². The van der Waals surface area contributed by atoms with Crippen LogP contribution in [0.2, 0.25) is 0 Å². The van der Waals surface area contributed by atoms with Gasteiger partial charge in [0.05, 0.1) is 0 Å². The third-order valence-electron chi connectivity index (χ3n) is 2.77. The van der Waals surface area contributed by atoms with Crippen molar-refractivity contribution >= 4 is 27.4 Å². The van der Waals surface area contributed by atoms with Gasteiger partial charge in [0.1, 0.15) is 5.82 Å². The Bertz CT molecular complexity index is 650. The van der Waals surface area contributed by atoms with Gasteiger partial charge in [-0.3, -0.25) is 4.79 Å². The van der Waals surface area contributed by atoms with Gasteiger partial charge < -0.3 is 5.32 Å². The van der Waals surface area contributed by atoms with E-state index in [1.165, 1.54) is 12.1 Å². The van der Waals surface area contributed by atoms with Crippen LogP contribution in [0, 0.1) is 12.7 Å². The number of carbonyl (C=O) groups excluding carboxylic acids is 1. The molecule has 0 saturated carbocycles. The molecule has 1 N–H and O–H groups in total. The zero-order valence-corrected chi connectivity index (χ0v) is 12.4. The second kappa shape index (κ2) is 6.48. The first kappa shape index (κ1) is 14.5. The Hall–Kier alpha value is -1.94. The number of hydrogen-bond acceptors (Lipinski definition) is 2. The van der Waals surface area contributed by atoms with Crippen molar-refractivity contribution in [3.63, 3.8) is 0 Å².